The third-order valence-corrected chi connectivity index (χ3v) is 3.53. The lowest BCUT2D eigenvalue weighted by molar-refractivity contribution is -0.345. The first-order valence-corrected chi connectivity index (χ1v) is 6.40. The quantitative estimate of drug-likeness (QED) is 0.604. The van der Waals surface area contributed by atoms with Crippen LogP contribution in [0.5, 0.6) is 0 Å². The van der Waals surface area contributed by atoms with Crippen molar-refractivity contribution in [1.29, 1.82) is 0 Å². The first-order chi connectivity index (χ1) is 9.51. The zero-order chi connectivity index (χ0) is 14.6. The Balaban J connectivity index is 0.000000212. The predicted octanol–water partition coefficient (Wildman–Crippen LogP) is -2.42. The lowest BCUT2D eigenvalue weighted by Gasteiger charge is -2.56. The van der Waals surface area contributed by atoms with Gasteiger partial charge in [0.1, 0.15) is 0 Å². The first-order valence-electron chi connectivity index (χ1n) is 6.40. The lowest BCUT2D eigenvalue weighted by Crippen LogP contribution is -2.70. The predicted molar refractivity (Wildman–Crippen MR) is 67.0 cm³/mol. The summed E-state index contributed by atoms with van der Waals surface area (Å²) in [6.45, 7) is 6.17. The molecule has 1 spiro atoms. The molecular formula is C14H16N2O4-2. The van der Waals surface area contributed by atoms with Gasteiger partial charge >= 0.3 is 0 Å². The Bertz CT molecular complexity index is 465. The highest BCUT2D eigenvalue weighted by atomic mass is 16.4. The van der Waals surface area contributed by atoms with E-state index in [2.05, 4.69) is 40.5 Å². The van der Waals surface area contributed by atoms with Crippen molar-refractivity contribution >= 4 is 11.9 Å². The van der Waals surface area contributed by atoms with Crippen molar-refractivity contribution in [3.05, 3.63) is 35.9 Å². The van der Waals surface area contributed by atoms with Crippen molar-refractivity contribution < 1.29 is 19.8 Å². The molecule has 2 saturated heterocycles. The van der Waals surface area contributed by atoms with Crippen LogP contribution in [0.15, 0.2) is 30.3 Å². The smallest absolute Gasteiger partial charge is 0.0870 e. The number of aliphatic carboxylic acids is 2. The van der Waals surface area contributed by atoms with Crippen molar-refractivity contribution in [3.63, 3.8) is 0 Å². The Hall–Kier alpha value is -1.92. The third kappa shape index (κ3) is 3.55. The molecule has 0 radical (unpaired) electrons. The summed E-state index contributed by atoms with van der Waals surface area (Å²) in [4.78, 5) is 20.4. The fraction of sp³-hybridized carbons (Fsp3) is 0.429. The fourth-order valence-electron chi connectivity index (χ4n) is 2.56. The van der Waals surface area contributed by atoms with Crippen LogP contribution in [0, 0.1) is 5.41 Å². The van der Waals surface area contributed by atoms with E-state index in [1.807, 2.05) is 0 Å². The number of benzene rings is 1. The molecule has 0 atom stereocenters. The number of likely N-dealkylation sites (tertiary alicyclic amines) is 1. The summed E-state index contributed by atoms with van der Waals surface area (Å²) in [6.07, 6.45) is 0. The van der Waals surface area contributed by atoms with Gasteiger partial charge in [0.25, 0.3) is 0 Å². The standard InChI is InChI=1S/C12H16N2.C2H2O4/c1-2-4-11(5-3-1)6-14-9-12(10-14)7-13-8-12;3-1(4)2(5)6/h1-5,13H,6-10H2;(H,3,4)(H,5,6)/p-2. The van der Waals surface area contributed by atoms with Crippen LogP contribution in [-0.2, 0) is 16.1 Å². The molecule has 0 unspecified atom stereocenters. The molecule has 6 heteroatoms. The van der Waals surface area contributed by atoms with Gasteiger partial charge in [-0.05, 0) is 5.56 Å². The number of carboxylic acids is 2. The highest BCUT2D eigenvalue weighted by molar-refractivity contribution is 6.25. The molecule has 2 aliphatic rings. The minimum Gasteiger partial charge on any atom is -0.543 e. The van der Waals surface area contributed by atoms with Gasteiger partial charge in [-0.1, -0.05) is 30.3 Å². The average Bonchev–Trinajstić information content (AvgIpc) is 2.33. The molecule has 3 rings (SSSR count). The molecule has 0 aromatic heterocycles. The van der Waals surface area contributed by atoms with E-state index in [9.17, 15) is 0 Å². The Morgan fingerprint density at radius 3 is 2.05 bits per heavy atom. The van der Waals surface area contributed by atoms with Crippen LogP contribution in [0.1, 0.15) is 5.56 Å². The summed E-state index contributed by atoms with van der Waals surface area (Å²) in [5, 5.41) is 21.2. The Kier molecular flexibility index (Phi) is 4.36. The summed E-state index contributed by atoms with van der Waals surface area (Å²) in [5.74, 6) is -4.37. The number of carbonyl (C=O) groups excluding carboxylic acids is 2. The maximum Gasteiger partial charge on any atom is 0.0870 e. The Labute approximate surface area is 117 Å². The van der Waals surface area contributed by atoms with E-state index < -0.39 is 11.9 Å². The minimum absolute atomic E-state index is 0.661. The normalized spacial score (nSPS) is 19.2. The average molecular weight is 276 g/mol. The molecule has 1 aromatic rings. The van der Waals surface area contributed by atoms with E-state index in [0.29, 0.717) is 5.41 Å². The van der Waals surface area contributed by atoms with E-state index in [0.717, 1.165) is 6.54 Å². The van der Waals surface area contributed by atoms with Crippen LogP contribution < -0.4 is 15.5 Å². The number of carboxylic acid groups (broad SMARTS) is 2. The molecule has 20 heavy (non-hydrogen) atoms. The molecular weight excluding hydrogens is 260 g/mol. The van der Waals surface area contributed by atoms with Gasteiger partial charge in [-0.15, -0.1) is 0 Å². The monoisotopic (exact) mass is 276 g/mol. The van der Waals surface area contributed by atoms with Crippen LogP contribution >= 0.6 is 0 Å². The fourth-order valence-corrected chi connectivity index (χ4v) is 2.56. The molecule has 2 aliphatic heterocycles. The van der Waals surface area contributed by atoms with Crippen LogP contribution in [0.3, 0.4) is 0 Å². The molecule has 0 saturated carbocycles. The zero-order valence-electron chi connectivity index (χ0n) is 11.0. The highest BCUT2D eigenvalue weighted by Crippen LogP contribution is 2.34. The zero-order valence-corrected chi connectivity index (χ0v) is 11.0. The number of carbonyl (C=O) groups is 2. The van der Waals surface area contributed by atoms with Crippen molar-refractivity contribution in [1.82, 2.24) is 10.2 Å². The Morgan fingerprint density at radius 1 is 1.10 bits per heavy atom. The molecule has 2 fully saturated rings. The molecule has 1 aromatic carbocycles. The number of hydrogen-bond acceptors (Lipinski definition) is 6. The molecule has 108 valence electrons. The summed E-state index contributed by atoms with van der Waals surface area (Å²) >= 11 is 0. The van der Waals surface area contributed by atoms with Gasteiger partial charge in [-0.2, -0.15) is 0 Å². The Morgan fingerprint density at radius 2 is 1.65 bits per heavy atom. The van der Waals surface area contributed by atoms with Gasteiger partial charge in [-0.25, -0.2) is 0 Å². The van der Waals surface area contributed by atoms with Crippen LogP contribution in [0.4, 0.5) is 0 Å². The minimum atomic E-state index is -2.19. The maximum absolute atomic E-state index is 8.93. The third-order valence-electron chi connectivity index (χ3n) is 3.53. The number of rotatable bonds is 2. The highest BCUT2D eigenvalue weighted by Gasteiger charge is 2.46. The van der Waals surface area contributed by atoms with Crippen molar-refractivity contribution in [2.45, 2.75) is 6.54 Å². The molecule has 6 nitrogen and oxygen atoms in total. The summed E-state index contributed by atoms with van der Waals surface area (Å²) < 4.78 is 0. The second-order valence-corrected chi connectivity index (χ2v) is 5.31. The van der Waals surface area contributed by atoms with Crippen molar-refractivity contribution in [2.24, 2.45) is 5.41 Å². The van der Waals surface area contributed by atoms with Gasteiger partial charge in [-0.3, -0.25) is 4.90 Å². The first kappa shape index (κ1) is 14.5. The van der Waals surface area contributed by atoms with Gasteiger partial charge < -0.3 is 25.1 Å². The SMILES string of the molecule is O=C([O-])C(=O)[O-].c1ccc(CN2CC3(CNC3)C2)cc1. The molecule has 2 heterocycles. The van der Waals surface area contributed by atoms with Crippen LogP contribution in [0.2, 0.25) is 0 Å². The van der Waals surface area contributed by atoms with Gasteiger partial charge in [0.15, 0.2) is 0 Å². The van der Waals surface area contributed by atoms with Crippen LogP contribution in [0.25, 0.3) is 0 Å². The largest absolute Gasteiger partial charge is 0.543 e. The topological polar surface area (TPSA) is 95.5 Å². The van der Waals surface area contributed by atoms with E-state index in [4.69, 9.17) is 19.8 Å². The van der Waals surface area contributed by atoms with Gasteiger partial charge in [0, 0.05) is 38.1 Å². The maximum atomic E-state index is 8.93. The van der Waals surface area contributed by atoms with E-state index in [1.54, 1.807) is 0 Å². The summed E-state index contributed by atoms with van der Waals surface area (Å²) in [7, 11) is 0. The lowest BCUT2D eigenvalue weighted by atomic mass is 9.74. The van der Waals surface area contributed by atoms with Gasteiger partial charge in [0.2, 0.25) is 0 Å². The summed E-state index contributed by atoms with van der Waals surface area (Å²) in [5.41, 5.74) is 2.10. The summed E-state index contributed by atoms with van der Waals surface area (Å²) in [6, 6.07) is 10.7. The second-order valence-electron chi connectivity index (χ2n) is 5.31. The number of nitrogens with one attached hydrogen (secondary N) is 1. The molecule has 1 N–H and O–H groups in total. The van der Waals surface area contributed by atoms with Crippen LogP contribution in [-0.4, -0.2) is 43.0 Å². The molecule has 0 aliphatic carbocycles. The van der Waals surface area contributed by atoms with E-state index in [1.165, 1.54) is 31.7 Å². The number of hydrogen-bond donors (Lipinski definition) is 1. The molecule has 0 bridgehead atoms. The van der Waals surface area contributed by atoms with E-state index >= 15 is 0 Å². The number of nitrogens with zero attached hydrogens (tertiary/aromatic N) is 1. The van der Waals surface area contributed by atoms with E-state index in [-0.39, 0.29) is 0 Å². The second kappa shape index (κ2) is 6.02. The van der Waals surface area contributed by atoms with Crippen molar-refractivity contribution in [3.8, 4) is 0 Å². The molecule has 0 amide bonds. The van der Waals surface area contributed by atoms with Crippen molar-refractivity contribution in [2.75, 3.05) is 26.2 Å². The van der Waals surface area contributed by atoms with Gasteiger partial charge in [0.05, 0.1) is 11.9 Å².